The van der Waals surface area contributed by atoms with Crippen LogP contribution in [0.2, 0.25) is 0 Å². The molecule has 0 aromatic heterocycles. The highest BCUT2D eigenvalue weighted by atomic mass is 16.3. The Hall–Kier alpha value is -1.39. The highest BCUT2D eigenvalue weighted by molar-refractivity contribution is 5.46. The second-order valence-electron chi connectivity index (χ2n) is 5.26. The van der Waals surface area contributed by atoms with Crippen molar-refractivity contribution < 1.29 is 9.90 Å². The molecule has 0 radical (unpaired) electrons. The summed E-state index contributed by atoms with van der Waals surface area (Å²) in [5, 5.41) is 16.0. The molecule has 0 bridgehead atoms. The van der Waals surface area contributed by atoms with E-state index in [0.717, 1.165) is 37.9 Å². The van der Waals surface area contributed by atoms with Crippen LogP contribution in [-0.4, -0.2) is 37.8 Å². The number of nitrogens with one attached hydrogen (secondary N) is 2. The van der Waals surface area contributed by atoms with E-state index in [4.69, 9.17) is 0 Å². The summed E-state index contributed by atoms with van der Waals surface area (Å²) < 4.78 is 0. The molecule has 104 valence electrons. The van der Waals surface area contributed by atoms with Gasteiger partial charge in [0.25, 0.3) is 0 Å². The molecule has 4 heteroatoms. The maximum atomic E-state index is 10.6. The zero-order valence-electron chi connectivity index (χ0n) is 11.1. The van der Waals surface area contributed by atoms with Gasteiger partial charge in [-0.05, 0) is 36.9 Å². The highest BCUT2D eigenvalue weighted by Crippen LogP contribution is 2.42. The van der Waals surface area contributed by atoms with E-state index in [2.05, 4.69) is 22.8 Å². The molecule has 1 atom stereocenters. The molecule has 2 rings (SSSR count). The maximum Gasteiger partial charge on any atom is 0.207 e. The van der Waals surface area contributed by atoms with Crippen molar-refractivity contribution in [1.29, 1.82) is 0 Å². The Morgan fingerprint density at radius 3 is 2.58 bits per heavy atom. The Balaban J connectivity index is 2.26. The quantitative estimate of drug-likeness (QED) is 0.667. The van der Waals surface area contributed by atoms with Crippen LogP contribution < -0.4 is 10.6 Å². The molecule has 1 saturated heterocycles. The zero-order valence-corrected chi connectivity index (χ0v) is 11.1. The molecule has 1 aliphatic heterocycles. The van der Waals surface area contributed by atoms with Crippen LogP contribution in [0.1, 0.15) is 24.3 Å². The molecule has 1 aromatic carbocycles. The summed E-state index contributed by atoms with van der Waals surface area (Å²) in [5.74, 6) is 0.0725. The SMILES string of the molecule is O=CNCC1(C(CO)c2ccccc2)CCNCC1. The molecule has 1 heterocycles. The average Bonchev–Trinajstić information content (AvgIpc) is 2.48. The first-order chi connectivity index (χ1) is 9.32. The van der Waals surface area contributed by atoms with Gasteiger partial charge in [0.2, 0.25) is 6.41 Å². The standard InChI is InChI=1S/C15H22N2O2/c18-10-14(13-4-2-1-3-5-13)15(11-17-12-19)6-8-16-9-7-15/h1-5,12,14,16,18H,6-11H2,(H,17,19). The number of hydrogen-bond acceptors (Lipinski definition) is 3. The molecular weight excluding hydrogens is 240 g/mol. The lowest BCUT2D eigenvalue weighted by molar-refractivity contribution is -0.110. The van der Waals surface area contributed by atoms with E-state index in [-0.39, 0.29) is 17.9 Å². The van der Waals surface area contributed by atoms with Gasteiger partial charge in [0, 0.05) is 12.5 Å². The summed E-state index contributed by atoms with van der Waals surface area (Å²) in [4.78, 5) is 10.6. The van der Waals surface area contributed by atoms with Crippen LogP contribution in [0.25, 0.3) is 0 Å². The molecule has 1 unspecified atom stereocenters. The van der Waals surface area contributed by atoms with Crippen molar-refractivity contribution in [3.63, 3.8) is 0 Å². The minimum atomic E-state index is -0.0533. The van der Waals surface area contributed by atoms with Gasteiger partial charge in [-0.2, -0.15) is 0 Å². The summed E-state index contributed by atoms with van der Waals surface area (Å²) in [5.41, 5.74) is 1.10. The van der Waals surface area contributed by atoms with Gasteiger partial charge in [-0.1, -0.05) is 30.3 Å². The number of hydrogen-bond donors (Lipinski definition) is 3. The number of carbonyl (C=O) groups is 1. The first-order valence-electron chi connectivity index (χ1n) is 6.86. The number of aliphatic hydroxyl groups is 1. The molecular formula is C15H22N2O2. The van der Waals surface area contributed by atoms with Crippen LogP contribution in [-0.2, 0) is 4.79 Å². The Morgan fingerprint density at radius 2 is 2.00 bits per heavy atom. The number of aliphatic hydroxyl groups excluding tert-OH is 1. The fourth-order valence-electron chi connectivity index (χ4n) is 3.16. The Kier molecular flexibility index (Phi) is 4.93. The summed E-state index contributed by atoms with van der Waals surface area (Å²) >= 11 is 0. The normalized spacial score (nSPS) is 19.6. The molecule has 19 heavy (non-hydrogen) atoms. The number of benzene rings is 1. The third kappa shape index (κ3) is 3.14. The predicted octanol–water partition coefficient (Wildman–Crippen LogP) is 0.878. The van der Waals surface area contributed by atoms with Gasteiger partial charge >= 0.3 is 0 Å². The Morgan fingerprint density at radius 1 is 1.32 bits per heavy atom. The van der Waals surface area contributed by atoms with Crippen LogP contribution in [0.4, 0.5) is 0 Å². The van der Waals surface area contributed by atoms with E-state index in [1.165, 1.54) is 0 Å². The van der Waals surface area contributed by atoms with Crippen LogP contribution in [0.15, 0.2) is 30.3 Å². The molecule has 1 aliphatic rings. The summed E-state index contributed by atoms with van der Waals surface area (Å²) in [7, 11) is 0. The van der Waals surface area contributed by atoms with Crippen LogP contribution in [0, 0.1) is 5.41 Å². The van der Waals surface area contributed by atoms with Crippen molar-refractivity contribution in [2.24, 2.45) is 5.41 Å². The summed E-state index contributed by atoms with van der Waals surface area (Å²) in [6.45, 7) is 2.61. The second kappa shape index (κ2) is 6.68. The molecule has 1 aromatic rings. The zero-order chi connectivity index (χ0) is 13.6. The minimum Gasteiger partial charge on any atom is -0.396 e. The van der Waals surface area contributed by atoms with Crippen LogP contribution in [0.3, 0.4) is 0 Å². The third-order valence-electron chi connectivity index (χ3n) is 4.26. The fraction of sp³-hybridized carbons (Fsp3) is 0.533. The largest absolute Gasteiger partial charge is 0.396 e. The first kappa shape index (κ1) is 14.0. The van der Waals surface area contributed by atoms with Crippen molar-refractivity contribution in [1.82, 2.24) is 10.6 Å². The van der Waals surface area contributed by atoms with E-state index in [9.17, 15) is 9.90 Å². The first-order valence-corrected chi connectivity index (χ1v) is 6.86. The van der Waals surface area contributed by atoms with Gasteiger partial charge in [0.1, 0.15) is 0 Å². The Bertz CT molecular complexity index is 388. The molecule has 4 nitrogen and oxygen atoms in total. The maximum absolute atomic E-state index is 10.6. The number of amides is 1. The van der Waals surface area contributed by atoms with Gasteiger partial charge in [0.15, 0.2) is 0 Å². The number of carbonyl (C=O) groups excluding carboxylic acids is 1. The molecule has 1 amide bonds. The lowest BCUT2D eigenvalue weighted by atomic mass is 9.66. The van der Waals surface area contributed by atoms with E-state index in [1.807, 2.05) is 18.2 Å². The van der Waals surface area contributed by atoms with E-state index < -0.39 is 0 Å². The smallest absolute Gasteiger partial charge is 0.207 e. The second-order valence-corrected chi connectivity index (χ2v) is 5.26. The third-order valence-corrected chi connectivity index (χ3v) is 4.26. The monoisotopic (exact) mass is 262 g/mol. The van der Waals surface area contributed by atoms with Crippen molar-refractivity contribution in [2.45, 2.75) is 18.8 Å². The predicted molar refractivity (Wildman–Crippen MR) is 74.9 cm³/mol. The average molecular weight is 262 g/mol. The van der Waals surface area contributed by atoms with E-state index >= 15 is 0 Å². The fourth-order valence-corrected chi connectivity index (χ4v) is 3.16. The molecule has 0 spiro atoms. The minimum absolute atomic E-state index is 0.0533. The van der Waals surface area contributed by atoms with Gasteiger partial charge in [0.05, 0.1) is 6.61 Å². The van der Waals surface area contributed by atoms with Crippen molar-refractivity contribution in [3.05, 3.63) is 35.9 Å². The van der Waals surface area contributed by atoms with Crippen LogP contribution >= 0.6 is 0 Å². The molecule has 0 saturated carbocycles. The summed E-state index contributed by atoms with van der Waals surface area (Å²) in [6, 6.07) is 10.1. The van der Waals surface area contributed by atoms with Gasteiger partial charge in [-0.3, -0.25) is 4.79 Å². The van der Waals surface area contributed by atoms with E-state index in [0.29, 0.717) is 6.54 Å². The molecule has 1 fully saturated rings. The van der Waals surface area contributed by atoms with Crippen molar-refractivity contribution >= 4 is 6.41 Å². The number of piperidine rings is 1. The van der Waals surface area contributed by atoms with Crippen molar-refractivity contribution in [2.75, 3.05) is 26.2 Å². The van der Waals surface area contributed by atoms with Crippen LogP contribution in [0.5, 0.6) is 0 Å². The van der Waals surface area contributed by atoms with E-state index in [1.54, 1.807) is 0 Å². The highest BCUT2D eigenvalue weighted by Gasteiger charge is 2.40. The van der Waals surface area contributed by atoms with Crippen molar-refractivity contribution in [3.8, 4) is 0 Å². The van der Waals surface area contributed by atoms with Gasteiger partial charge in [-0.25, -0.2) is 0 Å². The molecule has 0 aliphatic carbocycles. The topological polar surface area (TPSA) is 61.4 Å². The lowest BCUT2D eigenvalue weighted by Crippen LogP contribution is -2.47. The lowest BCUT2D eigenvalue weighted by Gasteiger charge is -2.43. The summed E-state index contributed by atoms with van der Waals surface area (Å²) in [6.07, 6.45) is 2.69. The number of rotatable bonds is 6. The van der Waals surface area contributed by atoms with Gasteiger partial charge in [-0.15, -0.1) is 0 Å². The molecule has 3 N–H and O–H groups in total. The Labute approximate surface area is 114 Å². The van der Waals surface area contributed by atoms with Gasteiger partial charge < -0.3 is 15.7 Å².